The van der Waals surface area contributed by atoms with Crippen molar-refractivity contribution >= 4 is 16.5 Å². The maximum Gasteiger partial charge on any atom is 0.185 e. The first-order valence-electron chi connectivity index (χ1n) is 8.40. The predicted octanol–water partition coefficient (Wildman–Crippen LogP) is 3.75. The van der Waals surface area contributed by atoms with Gasteiger partial charge in [0.2, 0.25) is 0 Å². The zero-order chi connectivity index (χ0) is 16.2. The molecule has 2 heterocycles. The Bertz CT molecular complexity index is 704. The van der Waals surface area contributed by atoms with Gasteiger partial charge in [0.15, 0.2) is 5.13 Å². The van der Waals surface area contributed by atoms with Crippen molar-refractivity contribution in [3.8, 4) is 0 Å². The van der Waals surface area contributed by atoms with Crippen LogP contribution < -0.4 is 10.2 Å². The minimum atomic E-state index is 0.323. The fraction of sp³-hybridized carbons (Fsp3) is 0.250. The Labute approximate surface area is 147 Å². The summed E-state index contributed by atoms with van der Waals surface area (Å²) in [7, 11) is 0. The van der Waals surface area contributed by atoms with Crippen LogP contribution in [0.4, 0.5) is 5.13 Å². The van der Waals surface area contributed by atoms with E-state index in [4.69, 9.17) is 0 Å². The Morgan fingerprint density at radius 3 is 2.25 bits per heavy atom. The average molecular weight is 335 g/mol. The number of piperazine rings is 1. The smallest absolute Gasteiger partial charge is 0.185 e. The minimum absolute atomic E-state index is 0.323. The molecule has 3 nitrogen and oxygen atoms in total. The zero-order valence-electron chi connectivity index (χ0n) is 13.5. The summed E-state index contributed by atoms with van der Waals surface area (Å²) in [6.07, 6.45) is 1.90. The van der Waals surface area contributed by atoms with Gasteiger partial charge in [-0.3, -0.25) is 0 Å². The number of hydrogen-bond donors (Lipinski definition) is 1. The van der Waals surface area contributed by atoms with Gasteiger partial charge < -0.3 is 10.2 Å². The molecule has 1 saturated heterocycles. The first-order valence-corrected chi connectivity index (χ1v) is 9.28. The molecule has 1 unspecified atom stereocenters. The van der Waals surface area contributed by atoms with E-state index in [1.807, 2.05) is 6.20 Å². The Balaban J connectivity index is 1.77. The second-order valence-electron chi connectivity index (χ2n) is 6.08. The minimum Gasteiger partial charge on any atom is -0.342 e. The van der Waals surface area contributed by atoms with Crippen molar-refractivity contribution in [1.82, 2.24) is 10.3 Å². The molecule has 4 heteroatoms. The third-order valence-electron chi connectivity index (χ3n) is 4.65. The van der Waals surface area contributed by atoms with Gasteiger partial charge in [0.1, 0.15) is 0 Å². The first-order chi connectivity index (χ1) is 11.9. The van der Waals surface area contributed by atoms with Crippen molar-refractivity contribution < 1.29 is 0 Å². The van der Waals surface area contributed by atoms with E-state index in [-0.39, 0.29) is 0 Å². The molecular weight excluding hydrogens is 314 g/mol. The van der Waals surface area contributed by atoms with Crippen LogP contribution in [0.2, 0.25) is 0 Å². The molecule has 4 rings (SSSR count). The van der Waals surface area contributed by atoms with Crippen LogP contribution in [-0.2, 0) is 0 Å². The van der Waals surface area contributed by atoms with Crippen LogP contribution in [0.3, 0.4) is 0 Å². The molecule has 1 aliphatic heterocycles. The highest BCUT2D eigenvalue weighted by Gasteiger charge is 2.33. The maximum atomic E-state index is 4.58. The normalized spacial score (nSPS) is 18.0. The van der Waals surface area contributed by atoms with Crippen LogP contribution in [0.25, 0.3) is 0 Å². The van der Waals surface area contributed by atoms with E-state index in [2.05, 4.69) is 81.2 Å². The van der Waals surface area contributed by atoms with E-state index in [1.54, 1.807) is 11.3 Å². The lowest BCUT2D eigenvalue weighted by atomic mass is 9.83. The third kappa shape index (κ3) is 3.07. The van der Waals surface area contributed by atoms with Crippen LogP contribution in [0.1, 0.15) is 17.0 Å². The standard InChI is InChI=1S/C20H21N3S/c1-3-7-16(8-4-1)19(17-9-5-2-6-10-17)18-15-21-11-13-23(18)20-22-12-14-24-20/h1-10,12,14,18-19,21H,11,13,15H2. The van der Waals surface area contributed by atoms with Gasteiger partial charge in [-0.2, -0.15) is 0 Å². The highest BCUT2D eigenvalue weighted by Crippen LogP contribution is 2.34. The molecule has 0 saturated carbocycles. The summed E-state index contributed by atoms with van der Waals surface area (Å²) < 4.78 is 0. The lowest BCUT2D eigenvalue weighted by Gasteiger charge is -2.41. The molecule has 122 valence electrons. The molecule has 2 aromatic carbocycles. The van der Waals surface area contributed by atoms with Crippen molar-refractivity contribution in [2.75, 3.05) is 24.5 Å². The Morgan fingerprint density at radius 1 is 1.00 bits per heavy atom. The van der Waals surface area contributed by atoms with Gasteiger partial charge >= 0.3 is 0 Å². The number of anilines is 1. The van der Waals surface area contributed by atoms with Crippen LogP contribution in [0, 0.1) is 0 Å². The number of rotatable bonds is 4. The van der Waals surface area contributed by atoms with Crippen LogP contribution >= 0.6 is 11.3 Å². The molecule has 24 heavy (non-hydrogen) atoms. The number of benzene rings is 2. The molecule has 1 aliphatic rings. The number of hydrogen-bond acceptors (Lipinski definition) is 4. The van der Waals surface area contributed by atoms with Gasteiger partial charge in [0.05, 0.1) is 6.04 Å². The monoisotopic (exact) mass is 335 g/mol. The summed E-state index contributed by atoms with van der Waals surface area (Å²) in [5.41, 5.74) is 2.72. The van der Waals surface area contributed by atoms with Crippen molar-refractivity contribution in [2.24, 2.45) is 0 Å². The highest BCUT2D eigenvalue weighted by molar-refractivity contribution is 7.13. The topological polar surface area (TPSA) is 28.2 Å². The molecule has 3 aromatic rings. The fourth-order valence-corrected chi connectivity index (χ4v) is 4.30. The summed E-state index contributed by atoms with van der Waals surface area (Å²) in [5.74, 6) is 0.323. The molecule has 1 fully saturated rings. The lowest BCUT2D eigenvalue weighted by Crippen LogP contribution is -2.54. The second kappa shape index (κ2) is 7.16. The summed E-state index contributed by atoms with van der Waals surface area (Å²) >= 11 is 1.73. The van der Waals surface area contributed by atoms with E-state index in [0.29, 0.717) is 12.0 Å². The molecule has 0 bridgehead atoms. The molecular formula is C20H21N3S. The Hall–Kier alpha value is -2.17. The van der Waals surface area contributed by atoms with Crippen molar-refractivity contribution in [3.05, 3.63) is 83.4 Å². The molecule has 1 aromatic heterocycles. The van der Waals surface area contributed by atoms with E-state index in [0.717, 1.165) is 24.8 Å². The van der Waals surface area contributed by atoms with Gasteiger partial charge in [-0.1, -0.05) is 60.7 Å². The van der Waals surface area contributed by atoms with Gasteiger partial charge in [-0.15, -0.1) is 11.3 Å². The SMILES string of the molecule is c1ccc(C(c2ccccc2)C2CNCCN2c2nccs2)cc1. The van der Waals surface area contributed by atoms with E-state index in [9.17, 15) is 0 Å². The van der Waals surface area contributed by atoms with Gasteiger partial charge in [0.25, 0.3) is 0 Å². The van der Waals surface area contributed by atoms with Gasteiger partial charge in [-0.25, -0.2) is 4.98 Å². The quantitative estimate of drug-likeness (QED) is 0.787. The van der Waals surface area contributed by atoms with Crippen molar-refractivity contribution in [3.63, 3.8) is 0 Å². The Kier molecular flexibility index (Phi) is 4.58. The number of nitrogens with one attached hydrogen (secondary N) is 1. The largest absolute Gasteiger partial charge is 0.342 e. The Morgan fingerprint density at radius 2 is 1.67 bits per heavy atom. The van der Waals surface area contributed by atoms with Gasteiger partial charge in [-0.05, 0) is 11.1 Å². The van der Waals surface area contributed by atoms with Crippen LogP contribution in [0.15, 0.2) is 72.2 Å². The second-order valence-corrected chi connectivity index (χ2v) is 6.95. The van der Waals surface area contributed by atoms with Gasteiger partial charge in [0, 0.05) is 37.1 Å². The molecule has 1 N–H and O–H groups in total. The predicted molar refractivity (Wildman–Crippen MR) is 101 cm³/mol. The van der Waals surface area contributed by atoms with Crippen molar-refractivity contribution in [2.45, 2.75) is 12.0 Å². The van der Waals surface area contributed by atoms with Crippen LogP contribution in [-0.4, -0.2) is 30.7 Å². The van der Waals surface area contributed by atoms with E-state index < -0.39 is 0 Å². The first kappa shape index (κ1) is 15.4. The lowest BCUT2D eigenvalue weighted by molar-refractivity contribution is 0.442. The number of aromatic nitrogens is 1. The van der Waals surface area contributed by atoms with E-state index in [1.165, 1.54) is 11.1 Å². The molecule has 0 radical (unpaired) electrons. The molecule has 0 spiro atoms. The van der Waals surface area contributed by atoms with E-state index >= 15 is 0 Å². The fourth-order valence-electron chi connectivity index (χ4n) is 3.58. The van der Waals surface area contributed by atoms with Crippen LogP contribution in [0.5, 0.6) is 0 Å². The zero-order valence-corrected chi connectivity index (χ0v) is 14.3. The summed E-state index contributed by atoms with van der Waals surface area (Å²) in [6, 6.07) is 22.0. The summed E-state index contributed by atoms with van der Waals surface area (Å²) in [5, 5.41) is 6.77. The average Bonchev–Trinajstić information content (AvgIpc) is 3.19. The summed E-state index contributed by atoms with van der Waals surface area (Å²) in [6.45, 7) is 2.97. The maximum absolute atomic E-state index is 4.58. The molecule has 0 amide bonds. The number of nitrogens with zero attached hydrogens (tertiary/aromatic N) is 2. The highest BCUT2D eigenvalue weighted by atomic mass is 32.1. The van der Waals surface area contributed by atoms with Crippen molar-refractivity contribution in [1.29, 1.82) is 0 Å². The molecule has 0 aliphatic carbocycles. The number of thiazole rings is 1. The summed E-state index contributed by atoms with van der Waals surface area (Å²) in [4.78, 5) is 7.05. The molecule has 1 atom stereocenters. The third-order valence-corrected chi connectivity index (χ3v) is 5.46.